The maximum Gasteiger partial charge on any atom is 0.461 e. The Morgan fingerprint density at radius 1 is 1.60 bits per heavy atom. The van der Waals surface area contributed by atoms with Gasteiger partial charge in [-0.2, -0.15) is 0 Å². The Labute approximate surface area is 54.9 Å². The lowest BCUT2D eigenvalue weighted by atomic mass is 10.7. The molecule has 0 amide bonds. The van der Waals surface area contributed by atoms with Crippen molar-refractivity contribution in [1.29, 1.82) is 0 Å². The summed E-state index contributed by atoms with van der Waals surface area (Å²) in [4.78, 5) is 17.7. The molecule has 5 nitrogen and oxygen atoms in total. The summed E-state index contributed by atoms with van der Waals surface area (Å²) in [6, 6.07) is 1.65. The minimum atomic E-state index is -0.626. The molecule has 0 unspecified atom stereocenters. The molecule has 0 aliphatic carbocycles. The first-order chi connectivity index (χ1) is 4.86. The molecular weight excluding hydrogens is 134 g/mol. The average Bonchev–Trinajstić information content (AvgIpc) is 2.27. The first-order valence-electron chi connectivity index (χ1n) is 2.67. The molecule has 0 aromatic carbocycles. The van der Waals surface area contributed by atoms with E-state index in [1.165, 1.54) is 10.8 Å². The highest BCUT2D eigenvalue weighted by Crippen LogP contribution is 1.88. The summed E-state index contributed by atoms with van der Waals surface area (Å²) in [5, 5.41) is 0. The predicted octanol–water partition coefficient (Wildman–Crippen LogP) is -0.317. The Bertz CT molecular complexity index is 366. The Hall–Kier alpha value is -1.65. The molecule has 0 fully saturated rings. The molecule has 2 rings (SSSR count). The van der Waals surface area contributed by atoms with Crippen LogP contribution in [-0.2, 0) is 0 Å². The van der Waals surface area contributed by atoms with E-state index in [1.54, 1.807) is 12.3 Å². The molecule has 0 radical (unpaired) electrons. The van der Waals surface area contributed by atoms with E-state index >= 15 is 0 Å². The highest BCUT2D eigenvalue weighted by atomic mass is 16.5. The van der Waals surface area contributed by atoms with Gasteiger partial charge >= 0.3 is 5.76 Å². The molecule has 0 N–H and O–H groups in total. The van der Waals surface area contributed by atoms with E-state index in [-0.39, 0.29) is 5.78 Å². The van der Waals surface area contributed by atoms with Gasteiger partial charge in [-0.05, 0) is 6.07 Å². The number of aromatic nitrogens is 3. The van der Waals surface area contributed by atoms with Gasteiger partial charge in [0, 0.05) is 6.20 Å². The van der Waals surface area contributed by atoms with Gasteiger partial charge in [-0.15, -0.1) is 9.56 Å². The molecule has 2 heterocycles. The summed E-state index contributed by atoms with van der Waals surface area (Å²) in [6.07, 6.45) is 3.11. The van der Waals surface area contributed by atoms with Crippen molar-refractivity contribution in [1.82, 2.24) is 14.5 Å². The number of rotatable bonds is 0. The van der Waals surface area contributed by atoms with Crippen molar-refractivity contribution in [2.45, 2.75) is 0 Å². The van der Waals surface area contributed by atoms with E-state index in [0.717, 1.165) is 0 Å². The quantitative estimate of drug-likeness (QED) is 0.499. The van der Waals surface area contributed by atoms with Crippen LogP contribution in [0.4, 0.5) is 0 Å². The molecular formula is C5H3N3O2. The maximum absolute atomic E-state index is 10.5. The topological polar surface area (TPSA) is 60.4 Å². The van der Waals surface area contributed by atoms with Crippen LogP contribution in [0.5, 0.6) is 0 Å². The molecule has 0 aliphatic heterocycles. The second-order valence-corrected chi connectivity index (χ2v) is 1.71. The van der Waals surface area contributed by atoms with Crippen LogP contribution >= 0.6 is 0 Å². The molecule has 0 atom stereocenters. The molecule has 0 bridgehead atoms. The van der Waals surface area contributed by atoms with E-state index in [9.17, 15) is 4.79 Å². The van der Waals surface area contributed by atoms with Gasteiger partial charge in [0.2, 0.25) is 0 Å². The van der Waals surface area contributed by atoms with E-state index in [2.05, 4.69) is 14.5 Å². The van der Waals surface area contributed by atoms with Gasteiger partial charge in [0.15, 0.2) is 0 Å². The van der Waals surface area contributed by atoms with Crippen molar-refractivity contribution < 1.29 is 4.52 Å². The second kappa shape index (κ2) is 1.66. The molecule has 0 saturated carbocycles. The fourth-order valence-electron chi connectivity index (χ4n) is 0.686. The SMILES string of the molecule is O=c1nc2ncccn2o1. The monoisotopic (exact) mass is 137 g/mol. The normalized spacial score (nSPS) is 10.4. The Morgan fingerprint density at radius 2 is 2.50 bits per heavy atom. The zero-order valence-corrected chi connectivity index (χ0v) is 4.89. The van der Waals surface area contributed by atoms with Gasteiger partial charge in [0.1, 0.15) is 0 Å². The van der Waals surface area contributed by atoms with Crippen molar-refractivity contribution in [2.24, 2.45) is 0 Å². The third kappa shape index (κ3) is 0.604. The van der Waals surface area contributed by atoms with Crippen LogP contribution in [0.3, 0.4) is 0 Å². The third-order valence-electron chi connectivity index (χ3n) is 1.06. The molecule has 5 heteroatoms. The number of nitrogens with zero attached hydrogens (tertiary/aromatic N) is 3. The van der Waals surface area contributed by atoms with Crippen LogP contribution in [0.25, 0.3) is 5.78 Å². The first kappa shape index (κ1) is 5.16. The van der Waals surface area contributed by atoms with Gasteiger partial charge in [-0.25, -0.2) is 9.78 Å². The Kier molecular flexibility index (Phi) is 0.858. The van der Waals surface area contributed by atoms with Crippen LogP contribution in [0.1, 0.15) is 0 Å². The molecule has 50 valence electrons. The summed E-state index contributed by atoms with van der Waals surface area (Å²) in [5.74, 6) is -0.341. The van der Waals surface area contributed by atoms with E-state index in [4.69, 9.17) is 0 Å². The molecule has 10 heavy (non-hydrogen) atoms. The largest absolute Gasteiger partial charge is 0.461 e. The number of hydrogen-bond donors (Lipinski definition) is 0. The predicted molar refractivity (Wildman–Crippen MR) is 31.5 cm³/mol. The lowest BCUT2D eigenvalue weighted by Crippen LogP contribution is -1.93. The van der Waals surface area contributed by atoms with Crippen molar-refractivity contribution in [3.63, 3.8) is 0 Å². The fourth-order valence-corrected chi connectivity index (χ4v) is 0.686. The van der Waals surface area contributed by atoms with Crippen molar-refractivity contribution >= 4 is 5.78 Å². The highest BCUT2D eigenvalue weighted by molar-refractivity contribution is 5.20. The van der Waals surface area contributed by atoms with Crippen LogP contribution < -0.4 is 5.76 Å². The van der Waals surface area contributed by atoms with Crippen molar-refractivity contribution in [3.05, 3.63) is 29.0 Å². The lowest BCUT2D eigenvalue weighted by Gasteiger charge is -1.82. The van der Waals surface area contributed by atoms with Crippen LogP contribution in [0.15, 0.2) is 27.8 Å². The van der Waals surface area contributed by atoms with Crippen LogP contribution in [0.2, 0.25) is 0 Å². The van der Waals surface area contributed by atoms with Gasteiger partial charge in [-0.1, -0.05) is 0 Å². The molecule has 0 saturated heterocycles. The smallest absolute Gasteiger partial charge is 0.312 e. The number of fused-ring (bicyclic) bond motifs is 1. The van der Waals surface area contributed by atoms with Gasteiger partial charge < -0.3 is 4.52 Å². The molecule has 0 spiro atoms. The Balaban J connectivity index is 3.01. The fraction of sp³-hybridized carbons (Fsp3) is 0. The minimum Gasteiger partial charge on any atom is -0.312 e. The van der Waals surface area contributed by atoms with Gasteiger partial charge in [0.05, 0.1) is 6.20 Å². The van der Waals surface area contributed by atoms with E-state index < -0.39 is 5.76 Å². The summed E-state index contributed by atoms with van der Waals surface area (Å²) >= 11 is 0. The van der Waals surface area contributed by atoms with Gasteiger partial charge in [0.25, 0.3) is 5.78 Å². The second-order valence-electron chi connectivity index (χ2n) is 1.71. The van der Waals surface area contributed by atoms with Crippen LogP contribution in [-0.4, -0.2) is 14.5 Å². The Morgan fingerprint density at radius 3 is 3.30 bits per heavy atom. The summed E-state index contributed by atoms with van der Waals surface area (Å²) in [7, 11) is 0. The first-order valence-corrected chi connectivity index (χ1v) is 2.67. The summed E-state index contributed by atoms with van der Waals surface area (Å²) in [6.45, 7) is 0. The molecule has 2 aromatic heterocycles. The lowest BCUT2D eigenvalue weighted by molar-refractivity contribution is 0.343. The van der Waals surface area contributed by atoms with Crippen molar-refractivity contribution in [2.75, 3.05) is 0 Å². The van der Waals surface area contributed by atoms with E-state index in [0.29, 0.717) is 0 Å². The highest BCUT2D eigenvalue weighted by Gasteiger charge is 1.96. The average molecular weight is 137 g/mol. The molecule has 2 aromatic rings. The minimum absolute atomic E-state index is 0.285. The standard InChI is InChI=1S/C5H3N3O2/c9-5-7-4-6-2-1-3-8(4)10-5/h1-3H. The zero-order chi connectivity index (χ0) is 6.97. The van der Waals surface area contributed by atoms with E-state index in [1.807, 2.05) is 0 Å². The maximum atomic E-state index is 10.5. The van der Waals surface area contributed by atoms with Gasteiger partial charge in [-0.3, -0.25) is 0 Å². The zero-order valence-electron chi connectivity index (χ0n) is 4.89. The third-order valence-corrected chi connectivity index (χ3v) is 1.06. The summed E-state index contributed by atoms with van der Waals surface area (Å²) < 4.78 is 5.77. The van der Waals surface area contributed by atoms with Crippen molar-refractivity contribution in [3.8, 4) is 0 Å². The summed E-state index contributed by atoms with van der Waals surface area (Å²) in [5.41, 5.74) is 0. The van der Waals surface area contributed by atoms with Crippen LogP contribution in [0, 0.1) is 0 Å². The number of hydrogen-bond acceptors (Lipinski definition) is 4. The molecule has 0 aliphatic rings.